The van der Waals surface area contributed by atoms with Gasteiger partial charge in [-0.2, -0.15) is 5.26 Å². The number of Topliss-reactive ketones (excluding diaryl/α,β-unsaturated/α-hetero) is 1. The van der Waals surface area contributed by atoms with Crippen LogP contribution in [0.4, 0.5) is 0 Å². The third-order valence-corrected chi connectivity index (χ3v) is 5.94. The first kappa shape index (κ1) is 16.2. The highest BCUT2D eigenvalue weighted by Crippen LogP contribution is 2.37. The quantitative estimate of drug-likeness (QED) is 0.447. The number of nitrogens with zero attached hydrogens (tertiary/aromatic N) is 1. The normalized spacial score (nSPS) is 15.4. The van der Waals surface area contributed by atoms with Crippen LogP contribution < -0.4 is 0 Å². The summed E-state index contributed by atoms with van der Waals surface area (Å²) >= 11 is 3.25. The van der Waals surface area contributed by atoms with E-state index in [1.807, 2.05) is 24.3 Å². The maximum absolute atomic E-state index is 12.5. The summed E-state index contributed by atoms with van der Waals surface area (Å²) in [6.45, 7) is 6.42. The highest BCUT2D eigenvalue weighted by Gasteiger charge is 2.21. The zero-order chi connectivity index (χ0) is 15.5. The smallest absolute Gasteiger partial charge is 0.205 e. The molecule has 0 amide bonds. The highest BCUT2D eigenvalue weighted by molar-refractivity contribution is 8.22. The molecule has 4 heteroatoms. The van der Waals surface area contributed by atoms with Crippen LogP contribution in [-0.4, -0.2) is 17.3 Å². The molecule has 1 aliphatic rings. The number of rotatable bonds is 2. The van der Waals surface area contributed by atoms with Gasteiger partial charge in [0.05, 0.1) is 4.24 Å². The third-order valence-electron chi connectivity index (χ3n) is 3.31. The molecule has 21 heavy (non-hydrogen) atoms. The summed E-state index contributed by atoms with van der Waals surface area (Å²) in [7, 11) is 0. The van der Waals surface area contributed by atoms with Crippen molar-refractivity contribution >= 4 is 29.3 Å². The molecule has 0 spiro atoms. The Hall–Kier alpha value is -1.18. The van der Waals surface area contributed by atoms with Crippen molar-refractivity contribution in [3.8, 4) is 6.07 Å². The van der Waals surface area contributed by atoms with E-state index in [4.69, 9.17) is 0 Å². The lowest BCUT2D eigenvalue weighted by Crippen LogP contribution is -2.12. The molecule has 1 aromatic rings. The first-order chi connectivity index (χ1) is 9.93. The van der Waals surface area contributed by atoms with Crippen LogP contribution in [0.5, 0.6) is 0 Å². The van der Waals surface area contributed by atoms with Crippen LogP contribution in [0.25, 0.3) is 0 Å². The average Bonchev–Trinajstić information content (AvgIpc) is 2.48. The fourth-order valence-corrected chi connectivity index (χ4v) is 4.56. The highest BCUT2D eigenvalue weighted by atomic mass is 32.2. The lowest BCUT2D eigenvalue weighted by molar-refractivity contribution is 0.103. The van der Waals surface area contributed by atoms with E-state index in [1.165, 1.54) is 5.56 Å². The Bertz CT molecular complexity index is 595. The van der Waals surface area contributed by atoms with Gasteiger partial charge in [0.1, 0.15) is 11.6 Å². The summed E-state index contributed by atoms with van der Waals surface area (Å²) in [5.41, 5.74) is 2.14. The first-order valence-corrected chi connectivity index (χ1v) is 8.96. The largest absolute Gasteiger partial charge is 0.288 e. The van der Waals surface area contributed by atoms with Crippen molar-refractivity contribution in [2.45, 2.75) is 32.6 Å². The predicted octanol–water partition coefficient (Wildman–Crippen LogP) is 4.77. The van der Waals surface area contributed by atoms with Crippen LogP contribution in [0.15, 0.2) is 34.1 Å². The van der Waals surface area contributed by atoms with Gasteiger partial charge in [0, 0.05) is 5.56 Å². The monoisotopic (exact) mass is 317 g/mol. The van der Waals surface area contributed by atoms with Gasteiger partial charge in [-0.05, 0) is 28.9 Å². The fraction of sp³-hybridized carbons (Fsp3) is 0.412. The van der Waals surface area contributed by atoms with E-state index in [0.717, 1.165) is 22.2 Å². The second-order valence-electron chi connectivity index (χ2n) is 5.98. The lowest BCUT2D eigenvalue weighted by atomic mass is 9.86. The van der Waals surface area contributed by atoms with Gasteiger partial charge in [-0.25, -0.2) is 0 Å². The summed E-state index contributed by atoms with van der Waals surface area (Å²) < 4.78 is 0.883. The molecule has 0 radical (unpaired) electrons. The van der Waals surface area contributed by atoms with Crippen LogP contribution >= 0.6 is 23.5 Å². The lowest BCUT2D eigenvalue weighted by Gasteiger charge is -2.19. The number of allylic oxidation sites excluding steroid dienone is 1. The standard InChI is InChI=1S/C17H19NOS2/c1-17(2,3)13-7-5-12(6-8-13)15(19)14(11-18)16-20-9-4-10-21-16/h5-8H,4,9-10H2,1-3H3. The van der Waals surface area contributed by atoms with Crippen molar-refractivity contribution in [3.05, 3.63) is 45.2 Å². The molecule has 0 aromatic heterocycles. The molecular weight excluding hydrogens is 298 g/mol. The van der Waals surface area contributed by atoms with Crippen molar-refractivity contribution in [2.24, 2.45) is 0 Å². The molecular formula is C17H19NOS2. The summed E-state index contributed by atoms with van der Waals surface area (Å²) in [5, 5.41) is 9.34. The first-order valence-electron chi connectivity index (χ1n) is 6.98. The van der Waals surface area contributed by atoms with E-state index >= 15 is 0 Å². The van der Waals surface area contributed by atoms with Gasteiger partial charge >= 0.3 is 0 Å². The summed E-state index contributed by atoms with van der Waals surface area (Å²) in [4.78, 5) is 12.5. The van der Waals surface area contributed by atoms with E-state index in [2.05, 4.69) is 26.8 Å². The Labute approximate surface area is 135 Å². The molecule has 1 aromatic carbocycles. The van der Waals surface area contributed by atoms with Crippen molar-refractivity contribution in [1.82, 2.24) is 0 Å². The Morgan fingerprint density at radius 3 is 2.19 bits per heavy atom. The van der Waals surface area contributed by atoms with E-state index in [0.29, 0.717) is 11.1 Å². The molecule has 2 rings (SSSR count). The maximum Gasteiger partial charge on any atom is 0.205 e. The van der Waals surface area contributed by atoms with Crippen LogP contribution in [-0.2, 0) is 5.41 Å². The van der Waals surface area contributed by atoms with E-state index < -0.39 is 0 Å². The van der Waals surface area contributed by atoms with Crippen molar-refractivity contribution in [2.75, 3.05) is 11.5 Å². The molecule has 1 aliphatic heterocycles. The second-order valence-corrected chi connectivity index (χ2v) is 8.45. The minimum Gasteiger partial charge on any atom is -0.288 e. The van der Waals surface area contributed by atoms with Gasteiger partial charge in [-0.1, -0.05) is 45.0 Å². The molecule has 0 unspecified atom stereocenters. The topological polar surface area (TPSA) is 40.9 Å². The molecule has 0 bridgehead atoms. The zero-order valence-corrected chi connectivity index (χ0v) is 14.2. The molecule has 0 atom stereocenters. The second kappa shape index (κ2) is 6.72. The molecule has 1 heterocycles. The number of hydrogen-bond acceptors (Lipinski definition) is 4. The Kier molecular flexibility index (Phi) is 5.18. The van der Waals surface area contributed by atoms with Crippen molar-refractivity contribution < 1.29 is 4.79 Å². The number of carbonyl (C=O) groups is 1. The molecule has 1 fully saturated rings. The van der Waals surface area contributed by atoms with Gasteiger partial charge < -0.3 is 0 Å². The predicted molar refractivity (Wildman–Crippen MR) is 91.6 cm³/mol. The Morgan fingerprint density at radius 2 is 1.71 bits per heavy atom. The van der Waals surface area contributed by atoms with Gasteiger partial charge in [0.15, 0.2) is 0 Å². The number of ketones is 1. The Balaban J connectivity index is 2.29. The van der Waals surface area contributed by atoms with Gasteiger partial charge in [0.2, 0.25) is 5.78 Å². The average molecular weight is 317 g/mol. The summed E-state index contributed by atoms with van der Waals surface area (Å²) in [6.07, 6.45) is 1.13. The van der Waals surface area contributed by atoms with Gasteiger partial charge in [-0.15, -0.1) is 23.5 Å². The summed E-state index contributed by atoms with van der Waals surface area (Å²) in [5.74, 6) is 1.82. The van der Waals surface area contributed by atoms with Crippen LogP contribution in [0.3, 0.4) is 0 Å². The molecule has 110 valence electrons. The van der Waals surface area contributed by atoms with Crippen LogP contribution in [0.1, 0.15) is 43.1 Å². The van der Waals surface area contributed by atoms with Gasteiger partial charge in [-0.3, -0.25) is 4.79 Å². The van der Waals surface area contributed by atoms with E-state index in [1.54, 1.807) is 23.5 Å². The number of carbonyl (C=O) groups excluding carboxylic acids is 1. The SMILES string of the molecule is CC(C)(C)c1ccc(C(=O)C(C#N)=C2SCCCS2)cc1. The molecule has 0 N–H and O–H groups in total. The van der Waals surface area contributed by atoms with Gasteiger partial charge in [0.25, 0.3) is 0 Å². The molecule has 2 nitrogen and oxygen atoms in total. The molecule has 1 saturated heterocycles. The fourth-order valence-electron chi connectivity index (χ4n) is 2.03. The van der Waals surface area contributed by atoms with Crippen molar-refractivity contribution in [3.63, 3.8) is 0 Å². The van der Waals surface area contributed by atoms with E-state index in [9.17, 15) is 10.1 Å². The zero-order valence-electron chi connectivity index (χ0n) is 12.6. The Morgan fingerprint density at radius 1 is 1.14 bits per heavy atom. The number of nitriles is 1. The van der Waals surface area contributed by atoms with Crippen LogP contribution in [0.2, 0.25) is 0 Å². The summed E-state index contributed by atoms with van der Waals surface area (Å²) in [6, 6.07) is 9.73. The number of hydrogen-bond donors (Lipinski definition) is 0. The minimum atomic E-state index is -0.158. The maximum atomic E-state index is 12.5. The minimum absolute atomic E-state index is 0.0627. The molecule has 0 saturated carbocycles. The molecule has 0 aliphatic carbocycles. The van der Waals surface area contributed by atoms with Crippen molar-refractivity contribution in [1.29, 1.82) is 5.26 Å². The number of thioether (sulfide) groups is 2. The van der Waals surface area contributed by atoms with Crippen LogP contribution in [0, 0.1) is 11.3 Å². The third kappa shape index (κ3) is 3.93. The number of benzene rings is 1. The van der Waals surface area contributed by atoms with E-state index in [-0.39, 0.29) is 11.2 Å².